The summed E-state index contributed by atoms with van der Waals surface area (Å²) < 4.78 is 15.8. The zero-order chi connectivity index (χ0) is 28.7. The first kappa shape index (κ1) is 30.2. The Morgan fingerprint density at radius 1 is 1.28 bits per heavy atom. The minimum absolute atomic E-state index is 0.124. The Balaban J connectivity index is 1.56. The molecule has 0 bridgehead atoms. The van der Waals surface area contributed by atoms with Crippen LogP contribution in [0.3, 0.4) is 0 Å². The number of hydrogen-bond acceptors (Lipinski definition) is 6. The van der Waals surface area contributed by atoms with Gasteiger partial charge in [0.15, 0.2) is 13.2 Å². The maximum absolute atomic E-state index is 12.3. The van der Waals surface area contributed by atoms with E-state index in [4.69, 9.17) is 20.8 Å². The maximum atomic E-state index is 12.3. The quantitative estimate of drug-likeness (QED) is 0.178. The van der Waals surface area contributed by atoms with Crippen molar-refractivity contribution in [2.24, 2.45) is 0 Å². The Kier molecular flexibility index (Phi) is 9.02. The summed E-state index contributed by atoms with van der Waals surface area (Å²) in [5.74, 6) is -0.676. The molecular weight excluding hydrogens is 665 g/mol. The van der Waals surface area contributed by atoms with Gasteiger partial charge in [0.1, 0.15) is 17.1 Å². The first-order chi connectivity index (χ1) is 18.2. The van der Waals surface area contributed by atoms with Gasteiger partial charge in [-0.05, 0) is 78.3 Å². The van der Waals surface area contributed by atoms with Gasteiger partial charge in [0.05, 0.1) is 18.5 Å². The lowest BCUT2D eigenvalue weighted by atomic mass is 10.1. The number of pyridine rings is 1. The number of fused-ring (bicyclic) bond motifs is 1. The zero-order valence-corrected chi connectivity index (χ0v) is 28.0. The van der Waals surface area contributed by atoms with Crippen LogP contribution in [0.15, 0.2) is 53.5 Å². The van der Waals surface area contributed by atoms with Crippen LogP contribution in [0.25, 0.3) is 5.65 Å². The predicted octanol–water partition coefficient (Wildman–Crippen LogP) is 8.21. The van der Waals surface area contributed by atoms with Crippen molar-refractivity contribution in [2.75, 3.05) is 6.54 Å². The first-order valence-electron chi connectivity index (χ1n) is 12.9. The van der Waals surface area contributed by atoms with Crippen LogP contribution in [-0.4, -0.2) is 40.2 Å². The van der Waals surface area contributed by atoms with Crippen molar-refractivity contribution < 1.29 is 19.1 Å². The highest BCUT2D eigenvalue weighted by atomic mass is 127. The second-order valence-electron chi connectivity index (χ2n) is 11.1. The molecule has 0 saturated heterocycles. The number of carboxylic acid groups (broad SMARTS) is 1. The molecule has 3 aromatic rings. The lowest BCUT2D eigenvalue weighted by molar-refractivity contribution is -0.132. The van der Waals surface area contributed by atoms with Crippen LogP contribution < -0.4 is 0 Å². The van der Waals surface area contributed by atoms with E-state index in [1.54, 1.807) is 6.20 Å². The Morgan fingerprint density at radius 2 is 2.00 bits per heavy atom. The third-order valence-electron chi connectivity index (χ3n) is 7.45. The van der Waals surface area contributed by atoms with Gasteiger partial charge in [-0.1, -0.05) is 56.3 Å². The normalized spacial score (nSPS) is 17.3. The van der Waals surface area contributed by atoms with Crippen molar-refractivity contribution in [3.63, 3.8) is 0 Å². The largest absolute Gasteiger partial charge is 0.477 e. The molecule has 0 aliphatic carbocycles. The van der Waals surface area contributed by atoms with Crippen molar-refractivity contribution in [3.8, 4) is 0 Å². The summed E-state index contributed by atoms with van der Waals surface area (Å²) in [7, 11) is -1.89. The second kappa shape index (κ2) is 11.6. The van der Waals surface area contributed by atoms with E-state index in [-0.39, 0.29) is 15.3 Å². The molecule has 7 nitrogen and oxygen atoms in total. The number of imidazole rings is 1. The third kappa shape index (κ3) is 6.29. The standard InChI is InChI=1S/C28H35ClIN3O4SSi/c1-8-32-25(24(27(34)35)38-26(32)22-14-31-23-12-10-19(30)15-33(22)23)37-17(2)20-11-9-18(13-21(20)29)16-36-39(6,7)28(3,4)5/h9-15,17,26H,8,16H2,1-7H3,(H,34,35)/t17-,26?/m1/s1. The number of aliphatic carboxylic acids is 1. The van der Waals surface area contributed by atoms with Crippen molar-refractivity contribution in [2.45, 2.75) is 70.8 Å². The molecule has 0 radical (unpaired) electrons. The van der Waals surface area contributed by atoms with Crippen LogP contribution in [-0.2, 0) is 20.6 Å². The number of hydrogen-bond donors (Lipinski definition) is 1. The minimum Gasteiger partial charge on any atom is -0.477 e. The molecule has 39 heavy (non-hydrogen) atoms. The Labute approximate surface area is 254 Å². The van der Waals surface area contributed by atoms with E-state index < -0.39 is 20.4 Å². The molecule has 0 spiro atoms. The average molecular weight is 700 g/mol. The fourth-order valence-electron chi connectivity index (χ4n) is 4.11. The van der Waals surface area contributed by atoms with Crippen molar-refractivity contribution in [1.29, 1.82) is 0 Å². The molecule has 3 heterocycles. The molecule has 0 amide bonds. The second-order valence-corrected chi connectivity index (χ2v) is 18.7. The molecule has 4 rings (SSSR count). The number of carbonyl (C=O) groups is 1. The highest BCUT2D eigenvalue weighted by Gasteiger charge is 2.40. The Morgan fingerprint density at radius 3 is 2.62 bits per heavy atom. The molecule has 2 atom stereocenters. The molecule has 1 unspecified atom stereocenters. The number of benzene rings is 1. The summed E-state index contributed by atoms with van der Waals surface area (Å²) in [6.07, 6.45) is 3.35. The summed E-state index contributed by atoms with van der Waals surface area (Å²) in [6.45, 7) is 16.1. The van der Waals surface area contributed by atoms with Gasteiger partial charge in [-0.25, -0.2) is 9.78 Å². The number of aromatic nitrogens is 2. The predicted molar refractivity (Wildman–Crippen MR) is 168 cm³/mol. The minimum atomic E-state index is -1.89. The van der Waals surface area contributed by atoms with E-state index >= 15 is 0 Å². The smallest absolute Gasteiger partial charge is 0.347 e. The molecule has 0 saturated carbocycles. The summed E-state index contributed by atoms with van der Waals surface area (Å²) in [4.78, 5) is 19.0. The highest BCUT2D eigenvalue weighted by Crippen LogP contribution is 2.49. The average Bonchev–Trinajstić information content (AvgIpc) is 3.42. The van der Waals surface area contributed by atoms with Gasteiger partial charge in [0.25, 0.3) is 0 Å². The van der Waals surface area contributed by atoms with Gasteiger partial charge >= 0.3 is 5.97 Å². The van der Waals surface area contributed by atoms with E-state index in [9.17, 15) is 9.90 Å². The van der Waals surface area contributed by atoms with Crippen LogP contribution in [0.4, 0.5) is 0 Å². The van der Waals surface area contributed by atoms with E-state index in [0.717, 1.165) is 26.0 Å². The molecule has 2 aromatic heterocycles. The molecule has 1 aliphatic rings. The van der Waals surface area contributed by atoms with Gasteiger partial charge < -0.3 is 19.2 Å². The number of carboxylic acids is 1. The summed E-state index contributed by atoms with van der Waals surface area (Å²) in [5, 5.41) is 10.5. The zero-order valence-electron chi connectivity index (χ0n) is 23.3. The number of rotatable bonds is 9. The monoisotopic (exact) mass is 699 g/mol. The highest BCUT2D eigenvalue weighted by molar-refractivity contribution is 14.1. The molecule has 210 valence electrons. The van der Waals surface area contributed by atoms with Crippen molar-refractivity contribution >= 4 is 65.9 Å². The molecule has 11 heteroatoms. The topological polar surface area (TPSA) is 76.3 Å². The lowest BCUT2D eigenvalue weighted by Crippen LogP contribution is -2.40. The first-order valence-corrected chi connectivity index (χ1v) is 18.1. The van der Waals surface area contributed by atoms with Gasteiger partial charge in [-0.3, -0.25) is 4.40 Å². The van der Waals surface area contributed by atoms with Gasteiger partial charge in [-0.2, -0.15) is 0 Å². The van der Waals surface area contributed by atoms with Crippen LogP contribution in [0.5, 0.6) is 0 Å². The van der Waals surface area contributed by atoms with E-state index in [0.29, 0.717) is 24.1 Å². The SMILES string of the molecule is CCN1C(O[C@H](C)c2ccc(CO[Si](C)(C)C(C)(C)C)cc2Cl)=C(C(=O)O)SC1c1cnc2ccc(I)cn12. The Hall–Kier alpha value is -1.73. The number of ether oxygens (including phenoxy) is 1. The van der Waals surface area contributed by atoms with E-state index in [1.165, 1.54) is 11.8 Å². The molecular formula is C28H35ClIN3O4SSi. The molecule has 0 fully saturated rings. The number of thioether (sulfide) groups is 1. The van der Waals surface area contributed by atoms with Gasteiger partial charge in [0, 0.05) is 26.9 Å². The summed E-state index contributed by atoms with van der Waals surface area (Å²) in [5.41, 5.74) is 3.49. The summed E-state index contributed by atoms with van der Waals surface area (Å²) >= 11 is 10.2. The number of nitrogens with zero attached hydrogens (tertiary/aromatic N) is 3. The van der Waals surface area contributed by atoms with Crippen molar-refractivity contribution in [3.05, 3.63) is 78.9 Å². The third-order valence-corrected chi connectivity index (χ3v) is 14.2. The lowest BCUT2D eigenvalue weighted by Gasteiger charge is -2.36. The van der Waals surface area contributed by atoms with Crippen molar-refractivity contribution in [1.82, 2.24) is 14.3 Å². The van der Waals surface area contributed by atoms with Gasteiger partial charge in [-0.15, -0.1) is 0 Å². The Bertz CT molecular complexity index is 1420. The summed E-state index contributed by atoms with van der Waals surface area (Å²) in [6, 6.07) is 9.82. The van der Waals surface area contributed by atoms with Crippen LogP contribution in [0.1, 0.15) is 62.9 Å². The number of halogens is 2. The van der Waals surface area contributed by atoms with Gasteiger partial charge in [0.2, 0.25) is 5.88 Å². The fraction of sp³-hybridized carbons (Fsp3) is 0.429. The van der Waals surface area contributed by atoms with E-state index in [2.05, 4.69) is 61.4 Å². The fourth-order valence-corrected chi connectivity index (χ4v) is 7.15. The van der Waals surface area contributed by atoms with Crippen LogP contribution in [0.2, 0.25) is 23.2 Å². The molecule has 1 aromatic carbocycles. The molecule has 1 aliphatic heterocycles. The van der Waals surface area contributed by atoms with Crippen LogP contribution >= 0.6 is 46.0 Å². The van der Waals surface area contributed by atoms with Crippen LogP contribution in [0, 0.1) is 3.57 Å². The molecule has 1 N–H and O–H groups in total. The van der Waals surface area contributed by atoms with E-state index in [1.807, 2.05) is 59.7 Å². The maximum Gasteiger partial charge on any atom is 0.347 e.